The van der Waals surface area contributed by atoms with Crippen LogP contribution in [-0.2, 0) is 4.79 Å². The van der Waals surface area contributed by atoms with E-state index in [-0.39, 0.29) is 0 Å². The summed E-state index contributed by atoms with van der Waals surface area (Å²) < 4.78 is 0. The molecule has 2 saturated carbocycles. The van der Waals surface area contributed by atoms with Crippen LogP contribution >= 0.6 is 0 Å². The van der Waals surface area contributed by atoms with E-state index in [1.54, 1.807) is 0 Å². The maximum atomic E-state index is 12.5. The van der Waals surface area contributed by atoms with Crippen molar-refractivity contribution in [2.45, 2.75) is 82.7 Å². The number of hydrogen-bond donors (Lipinski definition) is 1. The second kappa shape index (κ2) is 7.96. The molecule has 1 amide bonds. The summed E-state index contributed by atoms with van der Waals surface area (Å²) in [7, 11) is 4.08. The van der Waals surface area contributed by atoms with Gasteiger partial charge in [-0.1, -0.05) is 25.7 Å². The molecule has 1 N–H and O–H groups in total. The maximum Gasteiger partial charge on any atom is 0.222 e. The number of amides is 1. The fraction of sp³-hybridized carbons (Fsp3) is 0.952. The summed E-state index contributed by atoms with van der Waals surface area (Å²) >= 11 is 0. The van der Waals surface area contributed by atoms with Crippen molar-refractivity contribution in [2.75, 3.05) is 33.7 Å². The molecular formula is C21H38N2O2. The minimum absolute atomic E-state index is 0.390. The first-order chi connectivity index (χ1) is 11.9. The van der Waals surface area contributed by atoms with Gasteiger partial charge in [-0.2, -0.15) is 0 Å². The number of likely N-dealkylation sites (N-methyl/N-ethyl adjacent to an activating group) is 1. The van der Waals surface area contributed by atoms with E-state index in [9.17, 15) is 9.90 Å². The minimum Gasteiger partial charge on any atom is -0.389 e. The SMILES string of the molecule is CN(C)CC1(O)CCC2(CCN(C(=O)CCC3CCCC3)CC2)CC1. The molecule has 0 bridgehead atoms. The summed E-state index contributed by atoms with van der Waals surface area (Å²) in [5.41, 5.74) is -0.107. The third kappa shape index (κ3) is 4.97. The van der Waals surface area contributed by atoms with Crippen molar-refractivity contribution in [3.8, 4) is 0 Å². The Balaban J connectivity index is 1.41. The molecule has 3 rings (SSSR count). The first-order valence-corrected chi connectivity index (χ1v) is 10.5. The summed E-state index contributed by atoms with van der Waals surface area (Å²) in [6.45, 7) is 2.65. The van der Waals surface area contributed by atoms with Gasteiger partial charge in [0.25, 0.3) is 0 Å². The number of carbonyl (C=O) groups is 1. The number of hydrogen-bond acceptors (Lipinski definition) is 3. The largest absolute Gasteiger partial charge is 0.389 e. The van der Waals surface area contributed by atoms with E-state index in [1.807, 2.05) is 14.1 Å². The lowest BCUT2D eigenvalue weighted by atomic mass is 9.64. The minimum atomic E-state index is -0.497. The van der Waals surface area contributed by atoms with Crippen molar-refractivity contribution in [3.05, 3.63) is 0 Å². The van der Waals surface area contributed by atoms with E-state index in [1.165, 1.54) is 25.7 Å². The topological polar surface area (TPSA) is 43.8 Å². The quantitative estimate of drug-likeness (QED) is 0.826. The Morgan fingerprint density at radius 2 is 1.64 bits per heavy atom. The predicted octanol–water partition coefficient (Wildman–Crippen LogP) is 3.43. The lowest BCUT2D eigenvalue weighted by Crippen LogP contribution is -2.49. The Morgan fingerprint density at radius 3 is 2.20 bits per heavy atom. The summed E-state index contributed by atoms with van der Waals surface area (Å²) in [6.07, 6.45) is 13.7. The highest BCUT2D eigenvalue weighted by Gasteiger charge is 2.43. The number of likely N-dealkylation sites (tertiary alicyclic amines) is 1. The van der Waals surface area contributed by atoms with Crippen molar-refractivity contribution in [1.82, 2.24) is 9.80 Å². The average Bonchev–Trinajstić information content (AvgIpc) is 3.09. The summed E-state index contributed by atoms with van der Waals surface area (Å²) in [5.74, 6) is 1.20. The Bertz CT molecular complexity index is 439. The van der Waals surface area contributed by atoms with Crippen LogP contribution in [0.4, 0.5) is 0 Å². The van der Waals surface area contributed by atoms with Crippen molar-refractivity contribution in [2.24, 2.45) is 11.3 Å². The van der Waals surface area contributed by atoms with Crippen LogP contribution < -0.4 is 0 Å². The molecule has 0 radical (unpaired) electrons. The molecule has 144 valence electrons. The molecule has 0 aromatic heterocycles. The standard InChI is InChI=1S/C21H38N2O2/c1-22(2)17-21(25)11-9-20(10-12-21)13-15-23(16-14-20)19(24)8-7-18-5-3-4-6-18/h18,25H,3-17H2,1-2H3. The molecular weight excluding hydrogens is 312 g/mol. The van der Waals surface area contributed by atoms with Crippen LogP contribution in [0.15, 0.2) is 0 Å². The number of piperidine rings is 1. The lowest BCUT2D eigenvalue weighted by Gasteiger charge is -2.49. The number of nitrogens with zero attached hydrogens (tertiary/aromatic N) is 2. The first kappa shape index (κ1) is 19.2. The number of aliphatic hydroxyl groups is 1. The third-order valence-electron chi connectivity index (χ3n) is 7.27. The van der Waals surface area contributed by atoms with Crippen molar-refractivity contribution >= 4 is 5.91 Å². The van der Waals surface area contributed by atoms with Gasteiger partial charge in [0.15, 0.2) is 0 Å². The van der Waals surface area contributed by atoms with E-state index >= 15 is 0 Å². The first-order valence-electron chi connectivity index (χ1n) is 10.5. The van der Waals surface area contributed by atoms with E-state index in [2.05, 4.69) is 9.80 Å². The highest BCUT2D eigenvalue weighted by Crippen LogP contribution is 2.47. The molecule has 25 heavy (non-hydrogen) atoms. The van der Waals surface area contributed by atoms with Gasteiger partial charge in [-0.05, 0) is 70.4 Å². The molecule has 0 aromatic carbocycles. The van der Waals surface area contributed by atoms with E-state index < -0.39 is 5.60 Å². The second-order valence-electron chi connectivity index (χ2n) is 9.53. The second-order valence-corrected chi connectivity index (χ2v) is 9.53. The Kier molecular flexibility index (Phi) is 6.10. The van der Waals surface area contributed by atoms with Crippen LogP contribution in [0.1, 0.15) is 77.0 Å². The highest BCUT2D eigenvalue weighted by atomic mass is 16.3. The molecule has 0 aromatic rings. The smallest absolute Gasteiger partial charge is 0.222 e. The monoisotopic (exact) mass is 350 g/mol. The van der Waals surface area contributed by atoms with Crippen LogP contribution in [0.25, 0.3) is 0 Å². The van der Waals surface area contributed by atoms with Crippen molar-refractivity contribution in [1.29, 1.82) is 0 Å². The molecule has 1 heterocycles. The molecule has 1 aliphatic heterocycles. The summed E-state index contributed by atoms with van der Waals surface area (Å²) in [4.78, 5) is 16.8. The zero-order valence-corrected chi connectivity index (χ0v) is 16.4. The van der Waals surface area contributed by atoms with Crippen LogP contribution in [0.5, 0.6) is 0 Å². The van der Waals surface area contributed by atoms with Crippen LogP contribution in [0, 0.1) is 11.3 Å². The molecule has 1 saturated heterocycles. The molecule has 4 nitrogen and oxygen atoms in total. The van der Waals surface area contributed by atoms with Crippen molar-refractivity contribution in [3.63, 3.8) is 0 Å². The Labute approximate surface area is 153 Å². The van der Waals surface area contributed by atoms with Gasteiger partial charge in [0.1, 0.15) is 0 Å². The number of rotatable bonds is 5. The van der Waals surface area contributed by atoms with Gasteiger partial charge in [0.2, 0.25) is 5.91 Å². The van der Waals surface area contributed by atoms with E-state index in [0.29, 0.717) is 11.3 Å². The van der Waals surface area contributed by atoms with Gasteiger partial charge in [0.05, 0.1) is 5.60 Å². The zero-order chi connectivity index (χ0) is 17.9. The van der Waals surface area contributed by atoms with Gasteiger partial charge in [-0.25, -0.2) is 0 Å². The summed E-state index contributed by atoms with van der Waals surface area (Å²) in [5, 5.41) is 10.8. The number of carbonyl (C=O) groups excluding carboxylic acids is 1. The molecule has 1 spiro atoms. The molecule has 3 fully saturated rings. The molecule has 0 atom stereocenters. The van der Waals surface area contributed by atoms with Gasteiger partial charge in [-0.15, -0.1) is 0 Å². The van der Waals surface area contributed by atoms with Gasteiger partial charge < -0.3 is 14.9 Å². The predicted molar refractivity (Wildman–Crippen MR) is 101 cm³/mol. The van der Waals surface area contributed by atoms with E-state index in [0.717, 1.165) is 76.9 Å². The van der Waals surface area contributed by atoms with Gasteiger partial charge in [0, 0.05) is 26.1 Å². The Hall–Kier alpha value is -0.610. The normalized spacial score (nSPS) is 26.5. The summed E-state index contributed by atoms with van der Waals surface area (Å²) in [6, 6.07) is 0. The lowest BCUT2D eigenvalue weighted by molar-refractivity contribution is -0.135. The highest BCUT2D eigenvalue weighted by molar-refractivity contribution is 5.76. The van der Waals surface area contributed by atoms with Gasteiger partial charge in [-0.3, -0.25) is 4.79 Å². The van der Waals surface area contributed by atoms with Gasteiger partial charge >= 0.3 is 0 Å². The van der Waals surface area contributed by atoms with Crippen LogP contribution in [0.3, 0.4) is 0 Å². The van der Waals surface area contributed by atoms with Crippen molar-refractivity contribution < 1.29 is 9.90 Å². The van der Waals surface area contributed by atoms with E-state index in [4.69, 9.17) is 0 Å². The maximum absolute atomic E-state index is 12.5. The molecule has 3 aliphatic rings. The molecule has 4 heteroatoms. The molecule has 2 aliphatic carbocycles. The zero-order valence-electron chi connectivity index (χ0n) is 16.4. The third-order valence-corrected chi connectivity index (χ3v) is 7.27. The Morgan fingerprint density at radius 1 is 1.04 bits per heavy atom. The fourth-order valence-corrected chi connectivity index (χ4v) is 5.51. The van der Waals surface area contributed by atoms with Crippen LogP contribution in [-0.4, -0.2) is 60.1 Å². The van der Waals surface area contributed by atoms with Crippen LogP contribution in [0.2, 0.25) is 0 Å². The fourth-order valence-electron chi connectivity index (χ4n) is 5.51. The average molecular weight is 351 g/mol. The molecule has 0 unspecified atom stereocenters.